The Labute approximate surface area is 114 Å². The molecule has 0 saturated heterocycles. The summed E-state index contributed by atoms with van der Waals surface area (Å²) in [5.41, 5.74) is 6.12. The van der Waals surface area contributed by atoms with Crippen LogP contribution in [0.25, 0.3) is 11.0 Å². The number of aromatic nitrogens is 3. The van der Waals surface area contributed by atoms with Gasteiger partial charge < -0.3 is 11.1 Å². The fourth-order valence-corrected chi connectivity index (χ4v) is 2.21. The number of fused-ring (bicyclic) bond motifs is 1. The highest BCUT2D eigenvalue weighted by molar-refractivity contribution is 5.83. The first kappa shape index (κ1) is 12.5. The Morgan fingerprint density at radius 3 is 2.95 bits per heavy atom. The van der Waals surface area contributed by atoms with Crippen LogP contribution in [0.2, 0.25) is 0 Å². The van der Waals surface area contributed by atoms with Crippen molar-refractivity contribution in [3.05, 3.63) is 35.5 Å². The summed E-state index contributed by atoms with van der Waals surface area (Å²) < 4.78 is 13.8. The summed E-state index contributed by atoms with van der Waals surface area (Å²) in [6, 6.07) is 1.40. The molecule has 1 aliphatic heterocycles. The number of hydrogen-bond acceptors (Lipinski definition) is 6. The number of rotatable bonds is 2. The summed E-state index contributed by atoms with van der Waals surface area (Å²) in [7, 11) is 1.73. The topological polar surface area (TPSA) is 104 Å². The molecule has 8 heteroatoms. The second-order valence-corrected chi connectivity index (χ2v) is 4.52. The van der Waals surface area contributed by atoms with Crippen molar-refractivity contribution >= 4 is 17.0 Å². The Morgan fingerprint density at radius 2 is 2.25 bits per heavy atom. The zero-order chi connectivity index (χ0) is 14.3. The molecule has 3 heterocycles. The van der Waals surface area contributed by atoms with Gasteiger partial charge in [-0.15, -0.1) is 0 Å². The summed E-state index contributed by atoms with van der Waals surface area (Å²) in [6.45, 7) is 1.59. The van der Waals surface area contributed by atoms with Gasteiger partial charge in [0, 0.05) is 11.6 Å². The SMILES string of the molecule is CNC1(c2[nH]nc3nc(C)c(F)cc23)C=CNC(N)=N1. The second-order valence-electron chi connectivity index (χ2n) is 4.52. The zero-order valence-corrected chi connectivity index (χ0v) is 11.0. The van der Waals surface area contributed by atoms with Gasteiger partial charge in [-0.1, -0.05) is 0 Å². The van der Waals surface area contributed by atoms with Crippen molar-refractivity contribution in [2.45, 2.75) is 12.6 Å². The van der Waals surface area contributed by atoms with Crippen LogP contribution < -0.4 is 16.4 Å². The molecule has 0 aromatic carbocycles. The van der Waals surface area contributed by atoms with E-state index in [-0.39, 0.29) is 11.8 Å². The molecule has 0 amide bonds. The van der Waals surface area contributed by atoms with E-state index in [1.165, 1.54) is 6.07 Å². The van der Waals surface area contributed by atoms with Gasteiger partial charge in [-0.2, -0.15) is 5.10 Å². The maximum absolute atomic E-state index is 13.8. The van der Waals surface area contributed by atoms with Gasteiger partial charge in [0.05, 0.1) is 11.4 Å². The molecule has 0 radical (unpaired) electrons. The number of aliphatic imine (C=N–C) groups is 1. The minimum atomic E-state index is -0.923. The largest absolute Gasteiger partial charge is 0.370 e. The number of aromatic amines is 1. The molecule has 1 aliphatic rings. The van der Waals surface area contributed by atoms with E-state index in [1.54, 1.807) is 26.2 Å². The van der Waals surface area contributed by atoms with Crippen molar-refractivity contribution in [3.63, 3.8) is 0 Å². The third kappa shape index (κ3) is 1.73. The van der Waals surface area contributed by atoms with E-state index in [2.05, 4.69) is 30.8 Å². The molecule has 5 N–H and O–H groups in total. The Bertz CT molecular complexity index is 733. The molecule has 20 heavy (non-hydrogen) atoms. The number of hydrogen-bond donors (Lipinski definition) is 4. The van der Waals surface area contributed by atoms with Crippen molar-refractivity contribution in [1.29, 1.82) is 0 Å². The molecule has 1 atom stereocenters. The van der Waals surface area contributed by atoms with Gasteiger partial charge in [0.25, 0.3) is 0 Å². The lowest BCUT2D eigenvalue weighted by Gasteiger charge is -2.28. The third-order valence-corrected chi connectivity index (χ3v) is 3.29. The molecule has 7 nitrogen and oxygen atoms in total. The standard InChI is InChI=1S/C12H14FN7/c1-6-8(13)5-7-9(19-20-10(7)17-6)12(15-2)3-4-16-11(14)18-12/h3-5,15H,1-2H3,(H3,14,16,18)(H,17,19,20). The van der Waals surface area contributed by atoms with Crippen molar-refractivity contribution in [1.82, 2.24) is 25.8 Å². The second kappa shape index (κ2) is 4.27. The van der Waals surface area contributed by atoms with Gasteiger partial charge in [0.2, 0.25) is 0 Å². The van der Waals surface area contributed by atoms with Crippen molar-refractivity contribution < 1.29 is 4.39 Å². The first-order valence-electron chi connectivity index (χ1n) is 6.06. The molecule has 3 rings (SSSR count). The monoisotopic (exact) mass is 275 g/mol. The fraction of sp³-hybridized carbons (Fsp3) is 0.250. The summed E-state index contributed by atoms with van der Waals surface area (Å²) in [5.74, 6) is -0.133. The lowest BCUT2D eigenvalue weighted by atomic mass is 10.0. The molecule has 0 aliphatic carbocycles. The Balaban J connectivity index is 2.25. The lowest BCUT2D eigenvalue weighted by molar-refractivity contribution is 0.459. The Hall–Kier alpha value is -2.48. The Morgan fingerprint density at radius 1 is 1.45 bits per heavy atom. The van der Waals surface area contributed by atoms with Gasteiger partial charge in [-0.05, 0) is 26.1 Å². The zero-order valence-electron chi connectivity index (χ0n) is 11.0. The average Bonchev–Trinajstić information content (AvgIpc) is 2.82. The van der Waals surface area contributed by atoms with Crippen molar-refractivity contribution in [2.75, 3.05) is 7.05 Å². The van der Waals surface area contributed by atoms with Crippen LogP contribution in [0.1, 0.15) is 11.4 Å². The van der Waals surface area contributed by atoms with E-state index < -0.39 is 5.66 Å². The number of pyridine rings is 1. The quantitative estimate of drug-likeness (QED) is 0.627. The van der Waals surface area contributed by atoms with Crippen LogP contribution in [-0.4, -0.2) is 28.2 Å². The van der Waals surface area contributed by atoms with Gasteiger partial charge >= 0.3 is 0 Å². The first-order chi connectivity index (χ1) is 9.55. The minimum Gasteiger partial charge on any atom is -0.370 e. The number of nitrogens with two attached hydrogens (primary N) is 1. The summed E-state index contributed by atoms with van der Waals surface area (Å²) in [5, 5.41) is 13.4. The van der Waals surface area contributed by atoms with Crippen molar-refractivity contribution in [3.8, 4) is 0 Å². The highest BCUT2D eigenvalue weighted by atomic mass is 19.1. The van der Waals surface area contributed by atoms with Gasteiger partial charge in [0.1, 0.15) is 5.82 Å². The molecular formula is C12H14FN7. The summed E-state index contributed by atoms with van der Waals surface area (Å²) >= 11 is 0. The summed E-state index contributed by atoms with van der Waals surface area (Å²) in [6.07, 6.45) is 3.44. The molecule has 2 aromatic rings. The van der Waals surface area contributed by atoms with E-state index in [0.29, 0.717) is 22.4 Å². The van der Waals surface area contributed by atoms with E-state index in [1.807, 2.05) is 0 Å². The molecule has 0 spiro atoms. The number of guanidine groups is 1. The van der Waals surface area contributed by atoms with Gasteiger partial charge in [-0.25, -0.2) is 14.4 Å². The van der Waals surface area contributed by atoms with Crippen molar-refractivity contribution in [2.24, 2.45) is 10.7 Å². The van der Waals surface area contributed by atoms with Crippen LogP contribution in [-0.2, 0) is 5.66 Å². The summed E-state index contributed by atoms with van der Waals surface area (Å²) in [4.78, 5) is 8.45. The van der Waals surface area contributed by atoms with Crippen LogP contribution >= 0.6 is 0 Å². The van der Waals surface area contributed by atoms with Gasteiger partial charge in [-0.3, -0.25) is 10.4 Å². The highest BCUT2D eigenvalue weighted by Crippen LogP contribution is 2.30. The highest BCUT2D eigenvalue weighted by Gasteiger charge is 2.33. The van der Waals surface area contributed by atoms with E-state index in [0.717, 1.165) is 0 Å². The number of aryl methyl sites for hydroxylation is 1. The number of nitrogens with zero attached hydrogens (tertiary/aromatic N) is 3. The molecule has 2 aromatic heterocycles. The smallest absolute Gasteiger partial charge is 0.195 e. The maximum Gasteiger partial charge on any atom is 0.195 e. The molecule has 1 unspecified atom stereocenters. The van der Waals surface area contributed by atoms with E-state index in [4.69, 9.17) is 5.73 Å². The fourth-order valence-electron chi connectivity index (χ4n) is 2.21. The molecule has 0 fully saturated rings. The average molecular weight is 275 g/mol. The minimum absolute atomic E-state index is 0.255. The number of likely N-dealkylation sites (N-methyl/N-ethyl adjacent to an activating group) is 1. The van der Waals surface area contributed by atoms with Crippen LogP contribution in [0, 0.1) is 12.7 Å². The van der Waals surface area contributed by atoms with Crippen LogP contribution in [0.5, 0.6) is 0 Å². The maximum atomic E-state index is 13.8. The predicted octanol–water partition coefficient (Wildman–Crippen LogP) is 0.209. The van der Waals surface area contributed by atoms with E-state index >= 15 is 0 Å². The van der Waals surface area contributed by atoms with E-state index in [9.17, 15) is 4.39 Å². The number of nitrogens with one attached hydrogen (secondary N) is 3. The predicted molar refractivity (Wildman–Crippen MR) is 73.2 cm³/mol. The van der Waals surface area contributed by atoms with Gasteiger partial charge in [0.15, 0.2) is 17.3 Å². The number of H-pyrrole nitrogens is 1. The van der Waals surface area contributed by atoms with Crippen LogP contribution in [0.4, 0.5) is 4.39 Å². The number of halogens is 1. The molecule has 0 bridgehead atoms. The third-order valence-electron chi connectivity index (χ3n) is 3.29. The molecule has 104 valence electrons. The normalized spacial score (nSPS) is 21.9. The van der Waals surface area contributed by atoms with Crippen LogP contribution in [0.15, 0.2) is 23.3 Å². The molecule has 0 saturated carbocycles. The Kier molecular flexibility index (Phi) is 2.68. The lowest BCUT2D eigenvalue weighted by Crippen LogP contribution is -2.44. The van der Waals surface area contributed by atoms with Crippen LogP contribution in [0.3, 0.4) is 0 Å². The first-order valence-corrected chi connectivity index (χ1v) is 6.06. The molecular weight excluding hydrogens is 261 g/mol.